The van der Waals surface area contributed by atoms with E-state index in [0.29, 0.717) is 37.6 Å². The summed E-state index contributed by atoms with van der Waals surface area (Å²) in [5.41, 5.74) is 3.43. The van der Waals surface area contributed by atoms with Gasteiger partial charge in [0, 0.05) is 32.7 Å². The van der Waals surface area contributed by atoms with E-state index in [0.717, 1.165) is 6.42 Å². The second-order valence-corrected chi connectivity index (χ2v) is 3.78. The van der Waals surface area contributed by atoms with Gasteiger partial charge in [-0.25, -0.2) is 0 Å². The normalized spacial score (nSPS) is 10.2. The van der Waals surface area contributed by atoms with Crippen LogP contribution < -0.4 is 16.6 Å². The average Bonchev–Trinajstić information content (AvgIpc) is 2.46. The van der Waals surface area contributed by atoms with E-state index in [9.17, 15) is 4.79 Å². The molecule has 0 radical (unpaired) electrons. The van der Waals surface area contributed by atoms with E-state index in [4.69, 9.17) is 15.3 Å². The summed E-state index contributed by atoms with van der Waals surface area (Å²) in [4.78, 5) is 15.7. The molecule has 0 spiro atoms. The smallest absolute Gasteiger partial charge is 0.255 e. The minimum absolute atomic E-state index is 0.210. The Kier molecular flexibility index (Phi) is 7.48. The zero-order chi connectivity index (χ0) is 13.9. The fourth-order valence-electron chi connectivity index (χ4n) is 1.42. The molecular formula is C12H20N4O3. The highest BCUT2D eigenvalue weighted by Crippen LogP contribution is 2.11. The average molecular weight is 268 g/mol. The molecule has 0 aliphatic heterocycles. The molecule has 0 aliphatic rings. The first-order chi connectivity index (χ1) is 9.29. The zero-order valence-corrected chi connectivity index (χ0v) is 11.0. The van der Waals surface area contributed by atoms with Gasteiger partial charge in [0.15, 0.2) is 0 Å². The summed E-state index contributed by atoms with van der Waals surface area (Å²) in [7, 11) is 1.63. The highest BCUT2D eigenvalue weighted by molar-refractivity contribution is 5.99. The van der Waals surface area contributed by atoms with Crippen LogP contribution in [0.1, 0.15) is 16.8 Å². The van der Waals surface area contributed by atoms with E-state index >= 15 is 0 Å². The van der Waals surface area contributed by atoms with Gasteiger partial charge < -0.3 is 20.2 Å². The molecule has 1 amide bonds. The summed E-state index contributed by atoms with van der Waals surface area (Å²) in [6, 6.07) is 1.64. The number of hydrogen-bond acceptors (Lipinski definition) is 6. The van der Waals surface area contributed by atoms with Gasteiger partial charge in [-0.05, 0) is 12.5 Å². The number of aromatic nitrogens is 1. The van der Waals surface area contributed by atoms with Crippen molar-refractivity contribution in [3.8, 4) is 0 Å². The van der Waals surface area contributed by atoms with E-state index in [1.807, 2.05) is 0 Å². The Labute approximate surface area is 112 Å². The van der Waals surface area contributed by atoms with Gasteiger partial charge in [0.1, 0.15) is 0 Å². The van der Waals surface area contributed by atoms with Crippen LogP contribution in [0.4, 0.5) is 5.69 Å². The molecule has 0 aromatic carbocycles. The number of rotatable bonds is 9. The van der Waals surface area contributed by atoms with Gasteiger partial charge in [-0.15, -0.1) is 0 Å². The van der Waals surface area contributed by atoms with Crippen LogP contribution in [0, 0.1) is 0 Å². The molecule has 0 bridgehead atoms. The number of nitrogen functional groups attached to an aromatic ring is 1. The van der Waals surface area contributed by atoms with Gasteiger partial charge in [0.2, 0.25) is 0 Å². The van der Waals surface area contributed by atoms with Crippen molar-refractivity contribution in [1.29, 1.82) is 0 Å². The fraction of sp³-hybridized carbons (Fsp3) is 0.500. The van der Waals surface area contributed by atoms with Crippen LogP contribution in [0.25, 0.3) is 0 Å². The molecule has 0 saturated carbocycles. The first-order valence-electron chi connectivity index (χ1n) is 6.05. The van der Waals surface area contributed by atoms with E-state index in [-0.39, 0.29) is 5.91 Å². The number of nitrogens with two attached hydrogens (primary N) is 1. The third kappa shape index (κ3) is 5.64. The minimum atomic E-state index is -0.210. The summed E-state index contributed by atoms with van der Waals surface area (Å²) >= 11 is 0. The molecule has 4 N–H and O–H groups in total. The molecule has 19 heavy (non-hydrogen) atoms. The molecule has 106 valence electrons. The van der Waals surface area contributed by atoms with E-state index < -0.39 is 0 Å². The molecule has 0 atom stereocenters. The molecule has 0 unspecified atom stereocenters. The number of hydrazine groups is 1. The third-order valence-corrected chi connectivity index (χ3v) is 2.40. The lowest BCUT2D eigenvalue weighted by atomic mass is 10.2. The number of nitrogens with one attached hydrogen (secondary N) is 2. The van der Waals surface area contributed by atoms with Crippen LogP contribution in [-0.4, -0.2) is 44.4 Å². The Bertz CT molecular complexity index is 387. The summed E-state index contributed by atoms with van der Waals surface area (Å²) in [6.07, 6.45) is 3.77. The Morgan fingerprint density at radius 3 is 3.00 bits per heavy atom. The van der Waals surface area contributed by atoms with Crippen molar-refractivity contribution >= 4 is 11.6 Å². The first kappa shape index (κ1) is 15.4. The Hall–Kier alpha value is -1.70. The monoisotopic (exact) mass is 268 g/mol. The number of carbonyl (C=O) groups is 1. The SMILES string of the molecule is COCCOCCCNC(=O)c1cnccc1NN. The van der Waals surface area contributed by atoms with Gasteiger partial charge in [0.25, 0.3) is 5.91 Å². The van der Waals surface area contributed by atoms with Crippen LogP contribution in [0.5, 0.6) is 0 Å². The van der Waals surface area contributed by atoms with Crippen LogP contribution in [0.15, 0.2) is 18.5 Å². The van der Waals surface area contributed by atoms with Gasteiger partial charge in [-0.2, -0.15) is 0 Å². The van der Waals surface area contributed by atoms with Crippen LogP contribution >= 0.6 is 0 Å². The van der Waals surface area contributed by atoms with Crippen molar-refractivity contribution in [3.63, 3.8) is 0 Å². The van der Waals surface area contributed by atoms with Crippen LogP contribution in [0.3, 0.4) is 0 Å². The Morgan fingerprint density at radius 1 is 1.42 bits per heavy atom. The maximum absolute atomic E-state index is 11.9. The number of carbonyl (C=O) groups excluding carboxylic acids is 1. The molecule has 7 heteroatoms. The molecule has 0 aliphatic carbocycles. The molecule has 1 aromatic heterocycles. The predicted molar refractivity (Wildman–Crippen MR) is 71.7 cm³/mol. The standard InChI is InChI=1S/C12H20N4O3/c1-18-7-8-19-6-2-4-15-12(17)10-9-14-5-3-11(10)16-13/h3,5,9H,2,4,6-8,13H2,1H3,(H,14,16)(H,15,17). The third-order valence-electron chi connectivity index (χ3n) is 2.40. The number of amides is 1. The van der Waals surface area contributed by atoms with Crippen LogP contribution in [-0.2, 0) is 9.47 Å². The molecule has 1 heterocycles. The second-order valence-electron chi connectivity index (χ2n) is 3.78. The minimum Gasteiger partial charge on any atom is -0.382 e. The summed E-state index contributed by atoms with van der Waals surface area (Å²) < 4.78 is 10.1. The number of methoxy groups -OCH3 is 1. The van der Waals surface area contributed by atoms with Crippen molar-refractivity contribution in [2.45, 2.75) is 6.42 Å². The lowest BCUT2D eigenvalue weighted by molar-refractivity contribution is 0.0688. The van der Waals surface area contributed by atoms with Crippen molar-refractivity contribution < 1.29 is 14.3 Å². The lowest BCUT2D eigenvalue weighted by Gasteiger charge is -2.09. The van der Waals surface area contributed by atoms with Crippen molar-refractivity contribution in [3.05, 3.63) is 24.0 Å². The number of anilines is 1. The van der Waals surface area contributed by atoms with E-state index in [1.54, 1.807) is 19.4 Å². The molecule has 0 saturated heterocycles. The quantitative estimate of drug-likeness (QED) is 0.335. The molecule has 1 rings (SSSR count). The Morgan fingerprint density at radius 2 is 2.26 bits per heavy atom. The number of nitrogens with zero attached hydrogens (tertiary/aromatic N) is 1. The fourth-order valence-corrected chi connectivity index (χ4v) is 1.42. The first-order valence-corrected chi connectivity index (χ1v) is 6.05. The number of hydrogen-bond donors (Lipinski definition) is 3. The summed E-state index contributed by atoms with van der Waals surface area (Å²) in [6.45, 7) is 2.26. The predicted octanol–water partition coefficient (Wildman–Crippen LogP) is 0.150. The number of pyridine rings is 1. The molecule has 1 aromatic rings. The van der Waals surface area contributed by atoms with Gasteiger partial charge in [-0.3, -0.25) is 15.6 Å². The summed E-state index contributed by atoms with van der Waals surface area (Å²) in [5.74, 6) is 5.11. The molecular weight excluding hydrogens is 248 g/mol. The van der Waals surface area contributed by atoms with Crippen molar-refractivity contribution in [2.24, 2.45) is 5.84 Å². The second kappa shape index (κ2) is 9.26. The van der Waals surface area contributed by atoms with E-state index in [1.165, 1.54) is 6.20 Å². The summed E-state index contributed by atoms with van der Waals surface area (Å²) in [5, 5.41) is 2.78. The lowest BCUT2D eigenvalue weighted by Crippen LogP contribution is -2.27. The topological polar surface area (TPSA) is 98.5 Å². The largest absolute Gasteiger partial charge is 0.382 e. The van der Waals surface area contributed by atoms with Crippen molar-refractivity contribution in [1.82, 2.24) is 10.3 Å². The highest BCUT2D eigenvalue weighted by Gasteiger charge is 2.09. The molecule has 0 fully saturated rings. The highest BCUT2D eigenvalue weighted by atomic mass is 16.5. The van der Waals surface area contributed by atoms with Gasteiger partial charge in [0.05, 0.1) is 24.5 Å². The van der Waals surface area contributed by atoms with Crippen molar-refractivity contribution in [2.75, 3.05) is 38.9 Å². The maximum Gasteiger partial charge on any atom is 0.255 e. The molecule has 7 nitrogen and oxygen atoms in total. The van der Waals surface area contributed by atoms with Gasteiger partial charge >= 0.3 is 0 Å². The maximum atomic E-state index is 11.9. The zero-order valence-electron chi connectivity index (χ0n) is 11.0. The van der Waals surface area contributed by atoms with Crippen LogP contribution in [0.2, 0.25) is 0 Å². The number of ether oxygens (including phenoxy) is 2. The van der Waals surface area contributed by atoms with E-state index in [2.05, 4.69) is 15.7 Å². The van der Waals surface area contributed by atoms with Gasteiger partial charge in [-0.1, -0.05) is 0 Å². The Balaban J connectivity index is 2.24.